The molecular formula is C23H30N4O4. The Kier molecular flexibility index (Phi) is 7.09. The molecule has 1 fully saturated rings. The largest absolute Gasteiger partial charge is 0.459 e. The van der Waals surface area contributed by atoms with E-state index < -0.39 is 5.97 Å². The van der Waals surface area contributed by atoms with E-state index in [9.17, 15) is 14.4 Å². The van der Waals surface area contributed by atoms with Crippen molar-refractivity contribution in [1.82, 2.24) is 20.2 Å². The van der Waals surface area contributed by atoms with E-state index in [-0.39, 0.29) is 23.8 Å². The second kappa shape index (κ2) is 9.76. The van der Waals surface area contributed by atoms with Crippen molar-refractivity contribution >= 4 is 17.8 Å². The molecular weight excluding hydrogens is 396 g/mol. The molecule has 1 aliphatic rings. The summed E-state index contributed by atoms with van der Waals surface area (Å²) in [5, 5.41) is 2.92. The number of hydrogen-bond donors (Lipinski definition) is 2. The minimum Gasteiger partial charge on any atom is -0.459 e. The summed E-state index contributed by atoms with van der Waals surface area (Å²) in [5.74, 6) is -0.996. The van der Waals surface area contributed by atoms with Gasteiger partial charge in [0.15, 0.2) is 0 Å². The van der Waals surface area contributed by atoms with Crippen molar-refractivity contribution in [3.63, 3.8) is 0 Å². The van der Waals surface area contributed by atoms with Gasteiger partial charge in [0.25, 0.3) is 5.91 Å². The number of carbonyl (C=O) groups is 3. The highest BCUT2D eigenvalue weighted by atomic mass is 16.5. The molecule has 1 atom stereocenters. The number of nitrogens with zero attached hydrogens (tertiary/aromatic N) is 2. The molecule has 2 N–H and O–H groups in total. The van der Waals surface area contributed by atoms with Crippen LogP contribution in [0.1, 0.15) is 64.5 Å². The van der Waals surface area contributed by atoms with Crippen LogP contribution in [0.4, 0.5) is 0 Å². The predicted octanol–water partition coefficient (Wildman–Crippen LogP) is 2.76. The maximum atomic E-state index is 13.2. The van der Waals surface area contributed by atoms with Gasteiger partial charge < -0.3 is 19.9 Å². The van der Waals surface area contributed by atoms with Gasteiger partial charge in [0, 0.05) is 25.0 Å². The Morgan fingerprint density at radius 2 is 2.06 bits per heavy atom. The quantitative estimate of drug-likeness (QED) is 0.691. The smallest absolute Gasteiger partial charge is 0.340 e. The SMILES string of the molecule is Cc1[nH]c(C(=O)N2CCC[C@H](C(=O)NCc3ccccn3)C2)c(C)c1C(=O)OC(C)C. The Bertz CT molecular complexity index is 952. The second-order valence-corrected chi connectivity index (χ2v) is 8.21. The molecule has 1 aliphatic heterocycles. The van der Waals surface area contributed by atoms with Gasteiger partial charge in [-0.05, 0) is 58.2 Å². The Hall–Kier alpha value is -3.16. The summed E-state index contributed by atoms with van der Waals surface area (Å²) < 4.78 is 5.31. The summed E-state index contributed by atoms with van der Waals surface area (Å²) in [6, 6.07) is 5.56. The number of aryl methyl sites for hydroxylation is 1. The number of likely N-dealkylation sites (tertiary alicyclic amines) is 1. The minimum atomic E-state index is -0.439. The van der Waals surface area contributed by atoms with Gasteiger partial charge >= 0.3 is 5.97 Å². The van der Waals surface area contributed by atoms with Crippen LogP contribution in [0, 0.1) is 19.8 Å². The van der Waals surface area contributed by atoms with Crippen LogP contribution in [0.2, 0.25) is 0 Å². The van der Waals surface area contributed by atoms with Gasteiger partial charge in [-0.15, -0.1) is 0 Å². The number of aromatic nitrogens is 2. The Labute approximate surface area is 182 Å². The van der Waals surface area contributed by atoms with Crippen LogP contribution in [-0.4, -0.2) is 51.8 Å². The topological polar surface area (TPSA) is 104 Å². The molecule has 2 amide bonds. The summed E-state index contributed by atoms with van der Waals surface area (Å²) in [6.45, 7) is 8.35. The predicted molar refractivity (Wildman–Crippen MR) is 116 cm³/mol. The van der Waals surface area contributed by atoms with Crippen LogP contribution in [0.3, 0.4) is 0 Å². The maximum Gasteiger partial charge on any atom is 0.340 e. The standard InChI is InChI=1S/C23H30N4O4/c1-14(2)31-23(30)19-15(3)20(26-16(19)4)22(29)27-11-7-8-17(13-27)21(28)25-12-18-9-5-6-10-24-18/h5-6,9-10,14,17,26H,7-8,11-13H2,1-4H3,(H,25,28)/t17-/m0/s1. The zero-order chi connectivity index (χ0) is 22.5. The van der Waals surface area contributed by atoms with Crippen LogP contribution < -0.4 is 5.32 Å². The van der Waals surface area contributed by atoms with Gasteiger partial charge in [-0.1, -0.05) is 6.07 Å². The number of ether oxygens (including phenoxy) is 1. The molecule has 0 aromatic carbocycles. The zero-order valence-electron chi connectivity index (χ0n) is 18.5. The minimum absolute atomic E-state index is 0.0799. The van der Waals surface area contributed by atoms with E-state index in [1.807, 2.05) is 18.2 Å². The van der Waals surface area contributed by atoms with E-state index in [0.717, 1.165) is 18.5 Å². The Morgan fingerprint density at radius 1 is 1.29 bits per heavy atom. The third-order valence-corrected chi connectivity index (χ3v) is 5.45. The van der Waals surface area contributed by atoms with Gasteiger partial charge in [-0.25, -0.2) is 4.79 Å². The van der Waals surface area contributed by atoms with E-state index in [1.165, 1.54) is 0 Å². The number of aromatic amines is 1. The van der Waals surface area contributed by atoms with Crippen LogP contribution in [0.5, 0.6) is 0 Å². The lowest BCUT2D eigenvalue weighted by Gasteiger charge is -2.32. The highest BCUT2D eigenvalue weighted by Gasteiger charge is 2.32. The number of carbonyl (C=O) groups excluding carboxylic acids is 3. The number of H-pyrrole nitrogens is 1. The van der Waals surface area contributed by atoms with Crippen LogP contribution in [0.25, 0.3) is 0 Å². The summed E-state index contributed by atoms with van der Waals surface area (Å²) in [4.78, 5) is 47.2. The molecule has 3 rings (SSSR count). The number of hydrogen-bond acceptors (Lipinski definition) is 5. The van der Waals surface area contributed by atoms with Crippen molar-refractivity contribution in [1.29, 1.82) is 0 Å². The highest BCUT2D eigenvalue weighted by Crippen LogP contribution is 2.24. The fourth-order valence-electron chi connectivity index (χ4n) is 3.90. The first-order valence-corrected chi connectivity index (χ1v) is 10.6. The number of pyridine rings is 1. The van der Waals surface area contributed by atoms with Crippen molar-refractivity contribution in [2.45, 2.75) is 53.2 Å². The molecule has 166 valence electrons. The summed E-state index contributed by atoms with van der Waals surface area (Å²) in [7, 11) is 0. The molecule has 2 aromatic rings. The lowest BCUT2D eigenvalue weighted by molar-refractivity contribution is -0.126. The van der Waals surface area contributed by atoms with E-state index in [1.54, 1.807) is 38.8 Å². The molecule has 31 heavy (non-hydrogen) atoms. The maximum absolute atomic E-state index is 13.2. The number of esters is 1. The third kappa shape index (κ3) is 5.31. The fourth-order valence-corrected chi connectivity index (χ4v) is 3.90. The molecule has 0 bridgehead atoms. The summed E-state index contributed by atoms with van der Waals surface area (Å²) in [6.07, 6.45) is 2.92. The van der Waals surface area contributed by atoms with Crippen LogP contribution >= 0.6 is 0 Å². The highest BCUT2D eigenvalue weighted by molar-refractivity contribution is 6.00. The molecule has 8 heteroatoms. The van der Waals surface area contributed by atoms with Gasteiger partial charge in [0.1, 0.15) is 5.69 Å². The number of amides is 2. The van der Waals surface area contributed by atoms with Crippen molar-refractivity contribution in [2.75, 3.05) is 13.1 Å². The van der Waals surface area contributed by atoms with E-state index in [2.05, 4.69) is 15.3 Å². The lowest BCUT2D eigenvalue weighted by atomic mass is 9.96. The van der Waals surface area contributed by atoms with Gasteiger partial charge in [0.05, 0.1) is 29.8 Å². The molecule has 0 spiro atoms. The molecule has 0 unspecified atom stereocenters. The van der Waals surface area contributed by atoms with Gasteiger partial charge in [-0.3, -0.25) is 14.6 Å². The first kappa shape index (κ1) is 22.5. The summed E-state index contributed by atoms with van der Waals surface area (Å²) in [5.41, 5.74) is 2.75. The normalized spacial score (nSPS) is 16.3. The third-order valence-electron chi connectivity index (χ3n) is 5.45. The molecule has 2 aromatic heterocycles. The second-order valence-electron chi connectivity index (χ2n) is 8.21. The number of rotatable bonds is 6. The van der Waals surface area contributed by atoms with Gasteiger partial charge in [-0.2, -0.15) is 0 Å². The first-order valence-electron chi connectivity index (χ1n) is 10.6. The monoisotopic (exact) mass is 426 g/mol. The van der Waals surface area contributed by atoms with Crippen molar-refractivity contribution in [2.24, 2.45) is 5.92 Å². The zero-order valence-corrected chi connectivity index (χ0v) is 18.5. The Morgan fingerprint density at radius 3 is 2.74 bits per heavy atom. The molecule has 1 saturated heterocycles. The average molecular weight is 427 g/mol. The number of piperidine rings is 1. The van der Waals surface area contributed by atoms with Crippen LogP contribution in [0.15, 0.2) is 24.4 Å². The lowest BCUT2D eigenvalue weighted by Crippen LogP contribution is -2.45. The summed E-state index contributed by atoms with van der Waals surface area (Å²) >= 11 is 0. The molecule has 8 nitrogen and oxygen atoms in total. The van der Waals surface area contributed by atoms with E-state index in [4.69, 9.17) is 4.74 Å². The molecule has 0 saturated carbocycles. The van der Waals surface area contributed by atoms with E-state index >= 15 is 0 Å². The van der Waals surface area contributed by atoms with Crippen LogP contribution in [-0.2, 0) is 16.1 Å². The Balaban J connectivity index is 1.67. The fraction of sp³-hybridized carbons (Fsp3) is 0.478. The molecule has 3 heterocycles. The number of nitrogens with one attached hydrogen (secondary N) is 2. The van der Waals surface area contributed by atoms with Gasteiger partial charge in [0.2, 0.25) is 5.91 Å². The average Bonchev–Trinajstić information content (AvgIpc) is 3.05. The van der Waals surface area contributed by atoms with Crippen molar-refractivity contribution in [3.8, 4) is 0 Å². The van der Waals surface area contributed by atoms with Crippen molar-refractivity contribution in [3.05, 3.63) is 52.6 Å². The van der Waals surface area contributed by atoms with Crippen molar-refractivity contribution < 1.29 is 19.1 Å². The first-order chi connectivity index (χ1) is 14.8. The molecule has 0 aliphatic carbocycles. The molecule has 0 radical (unpaired) electrons. The van der Waals surface area contributed by atoms with E-state index in [0.29, 0.717) is 42.1 Å².